The number of rotatable bonds is 5. The first-order chi connectivity index (χ1) is 9.22. The van der Waals surface area contributed by atoms with E-state index in [1.165, 1.54) is 50.9 Å². The van der Waals surface area contributed by atoms with Crippen LogP contribution in [0.25, 0.3) is 0 Å². The standard InChI is InChI=1S/C16H31NOS/c1-3-5-13-6-7-16(18)14(10-13)11-17-8-9-19-15(4-2)12-17/h13-16,18H,3-12H2,1-2H3. The molecule has 1 N–H and O–H groups in total. The molecule has 0 aromatic carbocycles. The maximum Gasteiger partial charge on any atom is 0.0580 e. The van der Waals surface area contributed by atoms with Gasteiger partial charge in [0.25, 0.3) is 0 Å². The summed E-state index contributed by atoms with van der Waals surface area (Å²) in [7, 11) is 0. The number of nitrogens with zero attached hydrogens (tertiary/aromatic N) is 1. The van der Waals surface area contributed by atoms with Crippen LogP contribution in [-0.4, -0.2) is 46.7 Å². The van der Waals surface area contributed by atoms with E-state index in [1.54, 1.807) is 0 Å². The maximum atomic E-state index is 10.3. The smallest absolute Gasteiger partial charge is 0.0580 e. The molecule has 2 rings (SSSR count). The van der Waals surface area contributed by atoms with Gasteiger partial charge in [-0.25, -0.2) is 0 Å². The molecule has 112 valence electrons. The predicted molar refractivity (Wildman–Crippen MR) is 84.7 cm³/mol. The van der Waals surface area contributed by atoms with Gasteiger partial charge in [-0.3, -0.25) is 0 Å². The summed E-state index contributed by atoms with van der Waals surface area (Å²) in [6.07, 6.45) is 7.45. The van der Waals surface area contributed by atoms with Crippen molar-refractivity contribution < 1.29 is 5.11 Å². The highest BCUT2D eigenvalue weighted by Gasteiger charge is 2.31. The van der Waals surface area contributed by atoms with E-state index in [0.717, 1.165) is 24.1 Å². The first-order valence-electron chi connectivity index (χ1n) is 8.24. The maximum absolute atomic E-state index is 10.3. The molecule has 1 heterocycles. The van der Waals surface area contributed by atoms with Crippen LogP contribution in [0.5, 0.6) is 0 Å². The minimum Gasteiger partial charge on any atom is -0.393 e. The molecule has 2 nitrogen and oxygen atoms in total. The molecule has 4 unspecified atom stereocenters. The van der Waals surface area contributed by atoms with Gasteiger partial charge in [0.05, 0.1) is 6.10 Å². The molecule has 1 aliphatic carbocycles. The zero-order valence-electron chi connectivity index (χ0n) is 12.7. The fourth-order valence-corrected chi connectivity index (χ4v) is 4.99. The molecule has 0 aromatic rings. The van der Waals surface area contributed by atoms with Crippen LogP contribution < -0.4 is 0 Å². The highest BCUT2D eigenvalue weighted by Crippen LogP contribution is 2.33. The van der Waals surface area contributed by atoms with Gasteiger partial charge in [0.2, 0.25) is 0 Å². The molecule has 1 aliphatic heterocycles. The monoisotopic (exact) mass is 285 g/mol. The summed E-state index contributed by atoms with van der Waals surface area (Å²) in [4.78, 5) is 2.62. The molecule has 0 bridgehead atoms. The second-order valence-electron chi connectivity index (χ2n) is 6.46. The van der Waals surface area contributed by atoms with Crippen LogP contribution >= 0.6 is 11.8 Å². The zero-order chi connectivity index (χ0) is 13.7. The molecule has 0 amide bonds. The number of thioether (sulfide) groups is 1. The number of aliphatic hydroxyl groups excluding tert-OH is 1. The fourth-order valence-electron chi connectivity index (χ4n) is 3.74. The minimum atomic E-state index is -0.0391. The Kier molecular flexibility index (Phi) is 6.51. The van der Waals surface area contributed by atoms with Crippen molar-refractivity contribution in [1.82, 2.24) is 4.90 Å². The van der Waals surface area contributed by atoms with Crippen LogP contribution in [0.4, 0.5) is 0 Å². The largest absolute Gasteiger partial charge is 0.393 e. The quantitative estimate of drug-likeness (QED) is 0.837. The summed E-state index contributed by atoms with van der Waals surface area (Å²) in [5.74, 6) is 2.69. The molecule has 0 spiro atoms. The Morgan fingerprint density at radius 1 is 1.26 bits per heavy atom. The van der Waals surface area contributed by atoms with Gasteiger partial charge >= 0.3 is 0 Å². The third-order valence-corrected chi connectivity index (χ3v) is 6.29. The van der Waals surface area contributed by atoms with E-state index >= 15 is 0 Å². The summed E-state index contributed by atoms with van der Waals surface area (Å²) in [5.41, 5.74) is 0. The van der Waals surface area contributed by atoms with Crippen LogP contribution in [0.15, 0.2) is 0 Å². The van der Waals surface area contributed by atoms with Crippen LogP contribution in [0.1, 0.15) is 52.4 Å². The fraction of sp³-hybridized carbons (Fsp3) is 1.00. The Morgan fingerprint density at radius 3 is 2.84 bits per heavy atom. The van der Waals surface area contributed by atoms with Gasteiger partial charge < -0.3 is 10.0 Å². The average molecular weight is 285 g/mol. The van der Waals surface area contributed by atoms with Crippen molar-refractivity contribution in [3.8, 4) is 0 Å². The molecule has 4 atom stereocenters. The van der Waals surface area contributed by atoms with E-state index in [1.807, 2.05) is 0 Å². The molecule has 0 aromatic heterocycles. The van der Waals surface area contributed by atoms with E-state index in [2.05, 4.69) is 30.5 Å². The Bertz CT molecular complexity index is 261. The molecular weight excluding hydrogens is 254 g/mol. The third-order valence-electron chi connectivity index (χ3n) is 4.92. The van der Waals surface area contributed by atoms with Crippen molar-refractivity contribution >= 4 is 11.8 Å². The highest BCUT2D eigenvalue weighted by atomic mass is 32.2. The van der Waals surface area contributed by atoms with Crippen LogP contribution in [0.3, 0.4) is 0 Å². The van der Waals surface area contributed by atoms with E-state index in [9.17, 15) is 5.11 Å². The zero-order valence-corrected chi connectivity index (χ0v) is 13.5. The second-order valence-corrected chi connectivity index (χ2v) is 7.86. The summed E-state index contributed by atoms with van der Waals surface area (Å²) in [6.45, 7) is 8.19. The Balaban J connectivity index is 1.82. The highest BCUT2D eigenvalue weighted by molar-refractivity contribution is 8.00. The average Bonchev–Trinajstić information content (AvgIpc) is 2.43. The van der Waals surface area contributed by atoms with Gasteiger partial charge in [-0.05, 0) is 37.5 Å². The van der Waals surface area contributed by atoms with Crippen molar-refractivity contribution in [3.63, 3.8) is 0 Å². The Hall–Kier alpha value is 0.270. The third kappa shape index (κ3) is 4.64. The molecule has 2 fully saturated rings. The molecule has 2 aliphatic rings. The van der Waals surface area contributed by atoms with Crippen molar-refractivity contribution in [2.75, 3.05) is 25.4 Å². The van der Waals surface area contributed by atoms with Crippen LogP contribution in [0, 0.1) is 11.8 Å². The van der Waals surface area contributed by atoms with Gasteiger partial charge in [-0.15, -0.1) is 0 Å². The van der Waals surface area contributed by atoms with E-state index < -0.39 is 0 Å². The molecular formula is C16H31NOS. The lowest BCUT2D eigenvalue weighted by molar-refractivity contribution is 0.0262. The van der Waals surface area contributed by atoms with Gasteiger partial charge in [0, 0.05) is 30.6 Å². The first kappa shape index (κ1) is 15.7. The SMILES string of the molecule is CCCC1CCC(O)C(CN2CCSC(CC)C2)C1. The molecule has 1 saturated heterocycles. The van der Waals surface area contributed by atoms with E-state index in [0.29, 0.717) is 5.92 Å². The number of hydrogen-bond donors (Lipinski definition) is 1. The second kappa shape index (κ2) is 7.90. The van der Waals surface area contributed by atoms with Crippen LogP contribution in [-0.2, 0) is 0 Å². The summed E-state index contributed by atoms with van der Waals surface area (Å²) >= 11 is 2.13. The van der Waals surface area contributed by atoms with Gasteiger partial charge in [0.1, 0.15) is 0 Å². The van der Waals surface area contributed by atoms with Crippen molar-refractivity contribution in [3.05, 3.63) is 0 Å². The molecule has 3 heteroatoms. The topological polar surface area (TPSA) is 23.5 Å². The molecule has 0 radical (unpaired) electrons. The number of hydrogen-bond acceptors (Lipinski definition) is 3. The van der Waals surface area contributed by atoms with E-state index in [-0.39, 0.29) is 6.10 Å². The Labute approximate surface area is 123 Å². The lowest BCUT2D eigenvalue weighted by Gasteiger charge is -2.39. The number of aliphatic hydroxyl groups is 1. The van der Waals surface area contributed by atoms with Gasteiger partial charge in [-0.2, -0.15) is 11.8 Å². The minimum absolute atomic E-state index is 0.0391. The van der Waals surface area contributed by atoms with Crippen molar-refractivity contribution in [2.24, 2.45) is 11.8 Å². The molecule has 19 heavy (non-hydrogen) atoms. The lowest BCUT2D eigenvalue weighted by atomic mass is 9.77. The van der Waals surface area contributed by atoms with Crippen molar-refractivity contribution in [1.29, 1.82) is 0 Å². The summed E-state index contributed by atoms with van der Waals surface area (Å²) < 4.78 is 0. The summed E-state index contributed by atoms with van der Waals surface area (Å²) in [5, 5.41) is 11.1. The van der Waals surface area contributed by atoms with Gasteiger partial charge in [-0.1, -0.05) is 26.7 Å². The van der Waals surface area contributed by atoms with E-state index in [4.69, 9.17) is 0 Å². The predicted octanol–water partition coefficient (Wildman–Crippen LogP) is 3.39. The van der Waals surface area contributed by atoms with Gasteiger partial charge in [0.15, 0.2) is 0 Å². The normalized spacial score (nSPS) is 37.4. The molecule has 1 saturated carbocycles. The Morgan fingerprint density at radius 2 is 2.11 bits per heavy atom. The van der Waals surface area contributed by atoms with Crippen LogP contribution in [0.2, 0.25) is 0 Å². The lowest BCUT2D eigenvalue weighted by Crippen LogP contribution is -2.44. The first-order valence-corrected chi connectivity index (χ1v) is 9.29. The van der Waals surface area contributed by atoms with Crippen molar-refractivity contribution in [2.45, 2.75) is 63.7 Å². The summed E-state index contributed by atoms with van der Waals surface area (Å²) in [6, 6.07) is 0.